The lowest BCUT2D eigenvalue weighted by Gasteiger charge is -2.08. The Labute approximate surface area is 165 Å². The molecule has 0 fully saturated rings. The number of nitro benzene ring substituents is 1. The number of halogens is 1. The molecular weight excluding hydrogens is 385 g/mol. The van der Waals surface area contributed by atoms with Gasteiger partial charge in [0.25, 0.3) is 11.6 Å². The summed E-state index contributed by atoms with van der Waals surface area (Å²) in [6.45, 7) is 0.142. The van der Waals surface area contributed by atoms with Gasteiger partial charge in [-0.2, -0.15) is 0 Å². The molecule has 2 rings (SSSR count). The number of nitrogens with zero attached hydrogens (tertiary/aromatic N) is 1. The van der Waals surface area contributed by atoms with Gasteiger partial charge in [-0.3, -0.25) is 19.7 Å². The molecule has 152 valence electrons. The molecule has 2 amide bonds. The second-order valence-corrected chi connectivity index (χ2v) is 5.93. The van der Waals surface area contributed by atoms with E-state index in [2.05, 4.69) is 15.4 Å². The Morgan fingerprint density at radius 2 is 1.76 bits per heavy atom. The highest BCUT2D eigenvalue weighted by Crippen LogP contribution is 2.18. The number of carbonyl (C=O) groups excluding carboxylic acids is 3. The Bertz CT molecular complexity index is 947. The van der Waals surface area contributed by atoms with E-state index >= 15 is 0 Å². The van der Waals surface area contributed by atoms with E-state index in [0.29, 0.717) is 5.56 Å². The topological polar surface area (TPSA) is 128 Å². The Kier molecular flexibility index (Phi) is 7.35. The van der Waals surface area contributed by atoms with Crippen LogP contribution in [0, 0.1) is 15.9 Å². The van der Waals surface area contributed by atoms with Crippen LogP contribution in [0.15, 0.2) is 42.5 Å². The zero-order valence-electron chi connectivity index (χ0n) is 15.4. The van der Waals surface area contributed by atoms with Gasteiger partial charge in [-0.1, -0.05) is 12.1 Å². The fourth-order valence-electron chi connectivity index (χ4n) is 2.46. The standard InChI is InChI=1S/C19H18FN3O6/c1-29-19(26)14-9-13(10-16(11-14)23(27)28)18(25)22-6-5-21-17(24)8-12-3-2-4-15(20)7-12/h2-4,7,9-11H,5-6,8H2,1H3,(H,21,24)(H,22,25). The zero-order chi connectivity index (χ0) is 21.4. The summed E-state index contributed by atoms with van der Waals surface area (Å²) in [5.41, 5.74) is -0.138. The van der Waals surface area contributed by atoms with Crippen molar-refractivity contribution in [3.63, 3.8) is 0 Å². The van der Waals surface area contributed by atoms with Gasteiger partial charge in [0.15, 0.2) is 0 Å². The summed E-state index contributed by atoms with van der Waals surface area (Å²) in [5, 5.41) is 16.1. The van der Waals surface area contributed by atoms with Crippen molar-refractivity contribution in [3.05, 3.63) is 75.1 Å². The first-order chi connectivity index (χ1) is 13.8. The molecule has 0 spiro atoms. The molecule has 0 heterocycles. The molecule has 10 heteroatoms. The highest BCUT2D eigenvalue weighted by atomic mass is 19.1. The zero-order valence-corrected chi connectivity index (χ0v) is 15.4. The van der Waals surface area contributed by atoms with E-state index in [4.69, 9.17) is 0 Å². The summed E-state index contributed by atoms with van der Waals surface area (Å²) in [4.78, 5) is 45.9. The second kappa shape index (κ2) is 9.93. The molecule has 2 aromatic carbocycles. The number of rotatable bonds is 8. The average molecular weight is 403 g/mol. The lowest BCUT2D eigenvalue weighted by Crippen LogP contribution is -2.35. The van der Waals surface area contributed by atoms with Crippen molar-refractivity contribution < 1.29 is 28.4 Å². The fourth-order valence-corrected chi connectivity index (χ4v) is 2.46. The number of non-ortho nitro benzene ring substituents is 1. The molecule has 2 N–H and O–H groups in total. The van der Waals surface area contributed by atoms with Crippen molar-refractivity contribution >= 4 is 23.5 Å². The summed E-state index contributed by atoms with van der Waals surface area (Å²) in [7, 11) is 1.12. The number of hydrogen-bond donors (Lipinski definition) is 2. The smallest absolute Gasteiger partial charge is 0.338 e. The molecule has 0 bridgehead atoms. The summed E-state index contributed by atoms with van der Waals surface area (Å²) < 4.78 is 17.6. The number of carbonyl (C=O) groups is 3. The van der Waals surface area contributed by atoms with Gasteiger partial charge >= 0.3 is 5.97 Å². The molecule has 2 aromatic rings. The molecule has 9 nitrogen and oxygen atoms in total. The first kappa shape index (κ1) is 21.5. The van der Waals surface area contributed by atoms with Gasteiger partial charge < -0.3 is 15.4 Å². The van der Waals surface area contributed by atoms with Crippen molar-refractivity contribution in [1.82, 2.24) is 10.6 Å². The Morgan fingerprint density at radius 1 is 1.07 bits per heavy atom. The van der Waals surface area contributed by atoms with Crippen molar-refractivity contribution in [2.24, 2.45) is 0 Å². The van der Waals surface area contributed by atoms with Crippen molar-refractivity contribution in [2.45, 2.75) is 6.42 Å². The van der Waals surface area contributed by atoms with Gasteiger partial charge in [-0.25, -0.2) is 9.18 Å². The molecule has 0 saturated carbocycles. The van der Waals surface area contributed by atoms with Crippen LogP contribution in [0.1, 0.15) is 26.3 Å². The van der Waals surface area contributed by atoms with E-state index in [1.165, 1.54) is 24.3 Å². The summed E-state index contributed by atoms with van der Waals surface area (Å²) in [6, 6.07) is 8.86. The van der Waals surface area contributed by atoms with Gasteiger partial charge in [0.05, 0.1) is 24.0 Å². The Balaban J connectivity index is 1.90. The highest BCUT2D eigenvalue weighted by molar-refractivity contribution is 5.99. The molecular formula is C19H18FN3O6. The van der Waals surface area contributed by atoms with Gasteiger partial charge in [0, 0.05) is 30.8 Å². The van der Waals surface area contributed by atoms with E-state index in [1.807, 2.05) is 0 Å². The summed E-state index contributed by atoms with van der Waals surface area (Å²) in [6.07, 6.45) is -0.0148. The molecule has 0 atom stereocenters. The first-order valence-corrected chi connectivity index (χ1v) is 8.47. The third-order valence-corrected chi connectivity index (χ3v) is 3.80. The van der Waals surface area contributed by atoms with Crippen molar-refractivity contribution in [1.29, 1.82) is 0 Å². The number of nitro groups is 1. The van der Waals surface area contributed by atoms with Crippen LogP contribution in [0.2, 0.25) is 0 Å². The van der Waals surface area contributed by atoms with Crippen LogP contribution in [0.25, 0.3) is 0 Å². The second-order valence-electron chi connectivity index (χ2n) is 5.93. The number of ether oxygens (including phenoxy) is 1. The van der Waals surface area contributed by atoms with Gasteiger partial charge in [-0.15, -0.1) is 0 Å². The number of amides is 2. The quantitative estimate of drug-likeness (QED) is 0.298. The predicted molar refractivity (Wildman–Crippen MR) is 99.9 cm³/mol. The predicted octanol–water partition coefficient (Wildman–Crippen LogP) is 1.61. The van der Waals surface area contributed by atoms with Crippen LogP contribution >= 0.6 is 0 Å². The minimum Gasteiger partial charge on any atom is -0.465 e. The van der Waals surface area contributed by atoms with E-state index in [0.717, 1.165) is 19.2 Å². The van der Waals surface area contributed by atoms with Crippen LogP contribution in [0.4, 0.5) is 10.1 Å². The Morgan fingerprint density at radius 3 is 2.41 bits per heavy atom. The maximum atomic E-state index is 13.1. The number of esters is 1. The number of nitrogens with one attached hydrogen (secondary N) is 2. The highest BCUT2D eigenvalue weighted by Gasteiger charge is 2.18. The third kappa shape index (κ3) is 6.38. The van der Waals surface area contributed by atoms with Crippen LogP contribution in [0.3, 0.4) is 0 Å². The lowest BCUT2D eigenvalue weighted by atomic mass is 10.1. The van der Waals surface area contributed by atoms with E-state index in [1.54, 1.807) is 6.07 Å². The molecule has 0 radical (unpaired) electrons. The fraction of sp³-hybridized carbons (Fsp3) is 0.211. The lowest BCUT2D eigenvalue weighted by molar-refractivity contribution is -0.384. The molecule has 0 aliphatic carbocycles. The van der Waals surface area contributed by atoms with Crippen LogP contribution < -0.4 is 10.6 Å². The maximum Gasteiger partial charge on any atom is 0.338 e. The summed E-state index contributed by atoms with van der Waals surface area (Å²) >= 11 is 0. The maximum absolute atomic E-state index is 13.1. The van der Waals surface area contributed by atoms with Crippen LogP contribution in [-0.2, 0) is 16.0 Å². The van der Waals surface area contributed by atoms with Crippen LogP contribution in [0.5, 0.6) is 0 Å². The third-order valence-electron chi connectivity index (χ3n) is 3.80. The van der Waals surface area contributed by atoms with Crippen LogP contribution in [-0.4, -0.2) is 42.9 Å². The normalized spacial score (nSPS) is 10.1. The minimum atomic E-state index is -0.813. The average Bonchev–Trinajstić information content (AvgIpc) is 2.70. The first-order valence-electron chi connectivity index (χ1n) is 8.47. The van der Waals surface area contributed by atoms with E-state index < -0.39 is 28.3 Å². The summed E-state index contributed by atoms with van der Waals surface area (Å²) in [5.74, 6) is -2.26. The number of hydrogen-bond acceptors (Lipinski definition) is 6. The SMILES string of the molecule is COC(=O)c1cc(C(=O)NCCNC(=O)Cc2cccc(F)c2)cc([N+](=O)[O-])c1. The van der Waals surface area contributed by atoms with Gasteiger partial charge in [-0.05, 0) is 23.8 Å². The van der Waals surface area contributed by atoms with E-state index in [9.17, 15) is 28.9 Å². The minimum absolute atomic E-state index is 0.0148. The number of benzene rings is 2. The van der Waals surface area contributed by atoms with Gasteiger partial charge in [0.1, 0.15) is 5.82 Å². The molecule has 0 saturated heterocycles. The van der Waals surface area contributed by atoms with E-state index in [-0.39, 0.29) is 36.5 Å². The molecule has 0 aromatic heterocycles. The number of methoxy groups -OCH3 is 1. The molecule has 0 unspecified atom stereocenters. The van der Waals surface area contributed by atoms with Crippen molar-refractivity contribution in [3.8, 4) is 0 Å². The molecule has 0 aliphatic rings. The monoisotopic (exact) mass is 403 g/mol. The van der Waals surface area contributed by atoms with Crippen molar-refractivity contribution in [2.75, 3.05) is 20.2 Å². The Hall–Kier alpha value is -3.82. The molecule has 29 heavy (non-hydrogen) atoms. The van der Waals surface area contributed by atoms with Gasteiger partial charge in [0.2, 0.25) is 5.91 Å². The largest absolute Gasteiger partial charge is 0.465 e. The molecule has 0 aliphatic heterocycles.